The Morgan fingerprint density at radius 2 is 1.09 bits per heavy atom. The minimum atomic E-state index is -0.0679. The second kappa shape index (κ2) is 35.5. The van der Waals surface area contributed by atoms with E-state index in [2.05, 4.69) is 31.4 Å². The molecule has 0 saturated carbocycles. The summed E-state index contributed by atoms with van der Waals surface area (Å²) in [5.41, 5.74) is 0. The van der Waals surface area contributed by atoms with Crippen LogP contribution in [0.15, 0.2) is 0 Å². The summed E-state index contributed by atoms with van der Waals surface area (Å²) in [6.07, 6.45) is 3.99. The number of carbonyl (C=O) groups is 4. The van der Waals surface area contributed by atoms with Crippen molar-refractivity contribution < 1.29 is 57.2 Å². The summed E-state index contributed by atoms with van der Waals surface area (Å²) in [7, 11) is 3.21. The molecule has 0 unspecified atom stereocenters. The Bertz CT molecular complexity index is 1020. The molecular formula is C34H64N6O12S3. The molecule has 0 aromatic carbocycles. The van der Waals surface area contributed by atoms with Crippen molar-refractivity contribution >= 4 is 57.1 Å². The largest absolute Gasteiger partial charge is 0.379 e. The monoisotopic (exact) mass is 844 g/mol. The molecule has 0 aromatic rings. The molecule has 7 N–H and O–H groups in total. The Balaban J connectivity index is 1.20. The number of amides is 5. The Hall–Kier alpha value is -1.63. The molecule has 2 fully saturated rings. The van der Waals surface area contributed by atoms with E-state index in [0.29, 0.717) is 143 Å². The van der Waals surface area contributed by atoms with E-state index in [1.807, 2.05) is 11.8 Å². The minimum absolute atomic E-state index is 0.0209. The lowest BCUT2D eigenvalue weighted by atomic mass is 10.0. The number of carbonyl (C=O) groups excluding carboxylic acids is 4. The summed E-state index contributed by atoms with van der Waals surface area (Å²) in [4.78, 5) is 51.8. The molecule has 5 amide bonds. The Labute approximate surface area is 337 Å². The lowest BCUT2D eigenvalue weighted by Gasteiger charge is -2.16. The SMILES string of the molecule is NOCCOCCOCCOCCNC(=O)CCSSCCNC(=O)CCOCCOCCOCCOCCNC(=O)CCCC[C@@H]1SC[C@@H]2NC(=O)N[C@@H]21. The predicted molar refractivity (Wildman–Crippen MR) is 213 cm³/mol. The van der Waals surface area contributed by atoms with Crippen molar-refractivity contribution in [2.45, 2.75) is 55.9 Å². The van der Waals surface area contributed by atoms with Crippen LogP contribution in [0.2, 0.25) is 0 Å². The first-order valence-corrected chi connectivity index (χ1v) is 22.6. The summed E-state index contributed by atoms with van der Waals surface area (Å²) < 4.78 is 37.9. The number of ether oxygens (including phenoxy) is 7. The first-order valence-electron chi connectivity index (χ1n) is 19.1. The molecule has 0 spiro atoms. The highest BCUT2D eigenvalue weighted by atomic mass is 33.1. The van der Waals surface area contributed by atoms with Gasteiger partial charge in [-0.2, -0.15) is 11.8 Å². The zero-order valence-corrected chi connectivity index (χ0v) is 34.5. The van der Waals surface area contributed by atoms with Crippen LogP contribution in [0.4, 0.5) is 4.79 Å². The van der Waals surface area contributed by atoms with Gasteiger partial charge in [-0.15, -0.1) is 0 Å². The van der Waals surface area contributed by atoms with Crippen LogP contribution < -0.4 is 32.5 Å². The van der Waals surface area contributed by atoms with Crippen molar-refractivity contribution in [3.63, 3.8) is 0 Å². The maximum Gasteiger partial charge on any atom is 0.315 e. The molecular weight excluding hydrogens is 781 g/mol. The minimum Gasteiger partial charge on any atom is -0.379 e. The van der Waals surface area contributed by atoms with Crippen LogP contribution in [0.3, 0.4) is 0 Å². The standard InChI is InChI=1S/C34H64N6O12S3/c35-52-24-23-51-22-21-50-18-15-47-12-8-37-32(43)6-25-54-55-26-9-38-31(42)5-10-45-13-16-48-19-20-49-17-14-46-11-7-36-30(41)4-2-1-3-29-33-28(27-53-29)39-34(44)40-33/h28-29,33H,1-27,35H2,(H,36,41)(H,37,43)(H,38,42)(H2,39,40,44)/t28-,29-,33-/m0/s1. The topological polar surface area (TPSA) is 228 Å². The first kappa shape index (κ1) is 49.5. The molecule has 2 aliphatic heterocycles. The predicted octanol–water partition coefficient (Wildman–Crippen LogP) is 0.229. The van der Waals surface area contributed by atoms with Gasteiger partial charge in [0.25, 0.3) is 0 Å². The van der Waals surface area contributed by atoms with Crippen molar-refractivity contribution in [2.24, 2.45) is 5.90 Å². The van der Waals surface area contributed by atoms with Gasteiger partial charge in [-0.1, -0.05) is 28.0 Å². The van der Waals surface area contributed by atoms with E-state index in [4.69, 9.17) is 39.1 Å². The van der Waals surface area contributed by atoms with Gasteiger partial charge >= 0.3 is 6.03 Å². The van der Waals surface area contributed by atoms with Crippen molar-refractivity contribution in [2.75, 3.05) is 136 Å². The average molecular weight is 845 g/mol. The zero-order valence-electron chi connectivity index (χ0n) is 32.0. The van der Waals surface area contributed by atoms with Crippen LogP contribution in [0.25, 0.3) is 0 Å². The number of hydrogen-bond acceptors (Lipinski definition) is 16. The summed E-state index contributed by atoms with van der Waals surface area (Å²) >= 11 is 1.89. The van der Waals surface area contributed by atoms with Gasteiger partial charge < -0.3 is 64.6 Å². The molecule has 2 rings (SSSR count). The first-order chi connectivity index (χ1) is 27.0. The smallest absolute Gasteiger partial charge is 0.315 e. The maximum absolute atomic E-state index is 12.0. The number of unbranched alkanes of at least 4 members (excludes halogenated alkanes) is 1. The zero-order chi connectivity index (χ0) is 39.4. The summed E-state index contributed by atoms with van der Waals surface area (Å²) in [6.45, 7) is 7.81. The number of fused-ring (bicyclic) bond motifs is 1. The van der Waals surface area contributed by atoms with E-state index < -0.39 is 0 Å². The second-order valence-electron chi connectivity index (χ2n) is 12.2. The molecule has 0 bridgehead atoms. The molecule has 0 radical (unpaired) electrons. The number of nitrogens with two attached hydrogens (primary N) is 1. The lowest BCUT2D eigenvalue weighted by molar-refractivity contribution is -0.122. The van der Waals surface area contributed by atoms with Gasteiger partial charge in [0.05, 0.1) is 111 Å². The van der Waals surface area contributed by atoms with Crippen LogP contribution in [-0.2, 0) is 52.4 Å². The van der Waals surface area contributed by atoms with E-state index in [-0.39, 0.29) is 42.3 Å². The Morgan fingerprint density at radius 1 is 0.600 bits per heavy atom. The van der Waals surface area contributed by atoms with Gasteiger partial charge in [0.1, 0.15) is 0 Å². The summed E-state index contributed by atoms with van der Waals surface area (Å²) in [6, 6.07) is 0.382. The third kappa shape index (κ3) is 28.4. The van der Waals surface area contributed by atoms with Crippen molar-refractivity contribution in [3.8, 4) is 0 Å². The highest BCUT2D eigenvalue weighted by Crippen LogP contribution is 2.33. The third-order valence-corrected chi connectivity index (χ3v) is 11.8. The van der Waals surface area contributed by atoms with Crippen molar-refractivity contribution in [3.05, 3.63) is 0 Å². The fourth-order valence-corrected chi connectivity index (χ4v) is 8.56. The molecule has 3 atom stereocenters. The molecule has 2 aliphatic rings. The van der Waals surface area contributed by atoms with Crippen LogP contribution >= 0.6 is 33.3 Å². The molecule has 2 saturated heterocycles. The fraction of sp³-hybridized carbons (Fsp3) is 0.882. The van der Waals surface area contributed by atoms with Gasteiger partial charge in [-0.25, -0.2) is 10.7 Å². The van der Waals surface area contributed by atoms with E-state index >= 15 is 0 Å². The summed E-state index contributed by atoms with van der Waals surface area (Å²) in [5, 5.41) is 14.9. The number of thioether (sulfide) groups is 1. The van der Waals surface area contributed by atoms with Gasteiger partial charge in [0.15, 0.2) is 0 Å². The Kier molecular flexibility index (Phi) is 32.0. The number of nitrogens with one attached hydrogen (secondary N) is 5. The maximum atomic E-state index is 12.0. The van der Waals surface area contributed by atoms with Gasteiger partial charge in [-0.05, 0) is 12.8 Å². The van der Waals surface area contributed by atoms with Gasteiger partial charge in [0, 0.05) is 61.4 Å². The van der Waals surface area contributed by atoms with Gasteiger partial charge in [0.2, 0.25) is 17.7 Å². The fourth-order valence-electron chi connectivity index (χ4n) is 5.12. The van der Waals surface area contributed by atoms with Crippen molar-refractivity contribution in [1.82, 2.24) is 26.6 Å². The molecule has 21 heteroatoms. The molecule has 18 nitrogen and oxygen atoms in total. The third-order valence-electron chi connectivity index (χ3n) is 7.90. The van der Waals surface area contributed by atoms with E-state index in [1.165, 1.54) is 0 Å². The molecule has 55 heavy (non-hydrogen) atoms. The quantitative estimate of drug-likeness (QED) is 0.0211. The Morgan fingerprint density at radius 3 is 1.69 bits per heavy atom. The molecule has 2 heterocycles. The number of urea groups is 1. The van der Waals surface area contributed by atoms with E-state index in [0.717, 1.165) is 30.8 Å². The average Bonchev–Trinajstić information content (AvgIpc) is 3.73. The van der Waals surface area contributed by atoms with Crippen molar-refractivity contribution in [1.29, 1.82) is 0 Å². The molecule has 320 valence electrons. The molecule has 0 aliphatic carbocycles. The highest BCUT2D eigenvalue weighted by Gasteiger charge is 2.42. The van der Waals surface area contributed by atoms with Crippen LogP contribution in [0.1, 0.15) is 38.5 Å². The second-order valence-corrected chi connectivity index (χ2v) is 16.2. The lowest BCUT2D eigenvalue weighted by Crippen LogP contribution is -2.36. The normalized spacial score (nSPS) is 17.5. The van der Waals surface area contributed by atoms with Gasteiger partial charge in [-0.3, -0.25) is 14.4 Å². The number of hydrogen-bond donors (Lipinski definition) is 6. The highest BCUT2D eigenvalue weighted by molar-refractivity contribution is 8.76. The number of rotatable bonds is 39. The van der Waals surface area contributed by atoms with Crippen LogP contribution in [0, 0.1) is 0 Å². The molecule has 0 aromatic heterocycles. The van der Waals surface area contributed by atoms with Crippen LogP contribution in [0.5, 0.6) is 0 Å². The van der Waals surface area contributed by atoms with E-state index in [1.54, 1.807) is 21.6 Å². The van der Waals surface area contributed by atoms with Crippen LogP contribution in [-0.4, -0.2) is 177 Å². The van der Waals surface area contributed by atoms with E-state index in [9.17, 15) is 19.2 Å². The summed E-state index contributed by atoms with van der Waals surface area (Å²) in [5.74, 6) is 7.22.